The Balaban J connectivity index is 0.000000980. The Bertz CT molecular complexity index is 361. The SMILES string of the molecule is CSC1=CC2=CC=CC2=C1[Si](C)C.[Cl-]. The lowest BCUT2D eigenvalue weighted by atomic mass is 10.2. The van der Waals surface area contributed by atoms with Gasteiger partial charge in [0.15, 0.2) is 0 Å². The van der Waals surface area contributed by atoms with Gasteiger partial charge in [0.1, 0.15) is 0 Å². The molecule has 0 aromatic heterocycles. The maximum absolute atomic E-state index is 2.37. The second-order valence-corrected chi connectivity index (χ2v) is 6.83. The molecule has 0 bridgehead atoms. The van der Waals surface area contributed by atoms with Crippen LogP contribution in [0.4, 0.5) is 0 Å². The quantitative estimate of drug-likeness (QED) is 0.628. The molecule has 2 rings (SSSR count). The van der Waals surface area contributed by atoms with Gasteiger partial charge in [0.25, 0.3) is 0 Å². The van der Waals surface area contributed by atoms with Gasteiger partial charge in [-0.25, -0.2) is 0 Å². The third kappa shape index (κ3) is 1.79. The van der Waals surface area contributed by atoms with Crippen molar-refractivity contribution in [1.29, 1.82) is 0 Å². The predicted octanol–water partition coefficient (Wildman–Crippen LogP) is 0.337. The van der Waals surface area contributed by atoms with Crippen molar-refractivity contribution >= 4 is 20.6 Å². The van der Waals surface area contributed by atoms with Gasteiger partial charge in [-0.15, -0.1) is 11.8 Å². The van der Waals surface area contributed by atoms with Crippen molar-refractivity contribution in [1.82, 2.24) is 0 Å². The largest absolute Gasteiger partial charge is 1.00 e. The second kappa shape index (κ2) is 4.56. The molecule has 2 aliphatic carbocycles. The zero-order valence-corrected chi connectivity index (χ0v) is 11.2. The highest BCUT2D eigenvalue weighted by atomic mass is 35.5. The first kappa shape index (κ1) is 11.9. The molecule has 2 aliphatic rings. The Kier molecular flexibility index (Phi) is 3.87. The number of hydrogen-bond donors (Lipinski definition) is 0. The highest BCUT2D eigenvalue weighted by Gasteiger charge is 2.23. The van der Waals surface area contributed by atoms with E-state index < -0.39 is 0 Å². The Morgan fingerprint density at radius 3 is 2.57 bits per heavy atom. The number of halogens is 1. The van der Waals surface area contributed by atoms with Gasteiger partial charge in [-0.05, 0) is 28.7 Å². The molecule has 1 radical (unpaired) electrons. The van der Waals surface area contributed by atoms with Gasteiger partial charge in [-0.2, -0.15) is 0 Å². The summed E-state index contributed by atoms with van der Waals surface area (Å²) in [4.78, 5) is 1.49. The number of allylic oxidation sites excluding steroid dienone is 7. The molecule has 0 atom stereocenters. The zero-order valence-electron chi connectivity index (χ0n) is 8.60. The summed E-state index contributed by atoms with van der Waals surface area (Å²) < 4.78 is 0. The van der Waals surface area contributed by atoms with Crippen molar-refractivity contribution in [3.63, 3.8) is 0 Å². The van der Waals surface area contributed by atoms with Crippen molar-refractivity contribution in [3.05, 3.63) is 45.6 Å². The molecular weight excluding hydrogens is 228 g/mol. The van der Waals surface area contributed by atoms with Gasteiger partial charge in [0, 0.05) is 4.91 Å². The van der Waals surface area contributed by atoms with E-state index in [0.29, 0.717) is 0 Å². The van der Waals surface area contributed by atoms with Crippen LogP contribution in [0.1, 0.15) is 0 Å². The Labute approximate surface area is 97.9 Å². The summed E-state index contributed by atoms with van der Waals surface area (Å²) in [5, 5.41) is 1.62. The molecule has 0 fully saturated rings. The number of hydrogen-bond acceptors (Lipinski definition) is 1. The van der Waals surface area contributed by atoms with E-state index in [1.807, 2.05) is 11.8 Å². The monoisotopic (exact) mass is 240 g/mol. The van der Waals surface area contributed by atoms with E-state index in [2.05, 4.69) is 43.7 Å². The minimum atomic E-state index is -0.327. The van der Waals surface area contributed by atoms with E-state index in [-0.39, 0.29) is 21.2 Å². The molecule has 0 N–H and O–H groups in total. The van der Waals surface area contributed by atoms with Crippen molar-refractivity contribution in [2.75, 3.05) is 6.26 Å². The molecule has 0 unspecified atom stereocenters. The summed E-state index contributed by atoms with van der Waals surface area (Å²) in [6.45, 7) is 4.73. The number of fused-ring (bicyclic) bond motifs is 1. The van der Waals surface area contributed by atoms with Gasteiger partial charge in [0.2, 0.25) is 0 Å². The fourth-order valence-electron chi connectivity index (χ4n) is 1.81. The highest BCUT2D eigenvalue weighted by Crippen LogP contribution is 2.40. The van der Waals surface area contributed by atoms with E-state index in [1.54, 1.807) is 5.20 Å². The number of thioether (sulfide) groups is 1. The highest BCUT2D eigenvalue weighted by molar-refractivity contribution is 8.02. The molecule has 0 heterocycles. The molecule has 0 aromatic rings. The molecule has 3 heteroatoms. The van der Waals surface area contributed by atoms with Crippen molar-refractivity contribution in [2.24, 2.45) is 0 Å². The molecular formula is C11H13ClSSi-. The zero-order chi connectivity index (χ0) is 9.42. The van der Waals surface area contributed by atoms with Crippen LogP contribution in [-0.2, 0) is 0 Å². The van der Waals surface area contributed by atoms with Crippen LogP contribution in [0, 0.1) is 0 Å². The molecule has 14 heavy (non-hydrogen) atoms. The topological polar surface area (TPSA) is 0 Å². The summed E-state index contributed by atoms with van der Waals surface area (Å²) in [7, 11) is -0.327. The van der Waals surface area contributed by atoms with Crippen molar-refractivity contribution in [3.8, 4) is 0 Å². The fraction of sp³-hybridized carbons (Fsp3) is 0.273. The predicted molar refractivity (Wildman–Crippen MR) is 63.3 cm³/mol. The maximum Gasteiger partial charge on any atom is 0.0815 e. The van der Waals surface area contributed by atoms with Crippen molar-refractivity contribution < 1.29 is 12.4 Å². The summed E-state index contributed by atoms with van der Waals surface area (Å²) in [6.07, 6.45) is 11.1. The fourth-order valence-corrected chi connectivity index (χ4v) is 4.62. The van der Waals surface area contributed by atoms with Gasteiger partial charge in [-0.3, -0.25) is 0 Å². The van der Waals surface area contributed by atoms with Crippen LogP contribution in [0.15, 0.2) is 45.6 Å². The van der Waals surface area contributed by atoms with E-state index in [4.69, 9.17) is 0 Å². The van der Waals surface area contributed by atoms with Crippen LogP contribution in [-0.4, -0.2) is 15.1 Å². The smallest absolute Gasteiger partial charge is 0.0815 e. The lowest BCUT2D eigenvalue weighted by Gasteiger charge is -2.09. The average Bonchev–Trinajstić information content (AvgIpc) is 2.59. The summed E-state index contributed by atoms with van der Waals surface area (Å²) in [6, 6.07) is 0. The Hall–Kier alpha value is -0.183. The molecule has 0 amide bonds. The molecule has 0 aliphatic heterocycles. The van der Waals surface area contributed by atoms with Crippen LogP contribution in [0.5, 0.6) is 0 Å². The normalized spacial score (nSPS) is 18.3. The maximum atomic E-state index is 2.37. The second-order valence-electron chi connectivity index (χ2n) is 3.48. The molecule has 0 saturated heterocycles. The number of rotatable bonds is 2. The molecule has 0 aromatic carbocycles. The minimum absolute atomic E-state index is 0. The molecule has 0 saturated carbocycles. The van der Waals surface area contributed by atoms with Crippen LogP contribution >= 0.6 is 11.8 Å². The third-order valence-corrected chi connectivity index (χ3v) is 4.85. The van der Waals surface area contributed by atoms with Crippen LogP contribution in [0.25, 0.3) is 0 Å². The first-order valence-corrected chi connectivity index (χ1v) is 8.16. The summed E-state index contributed by atoms with van der Waals surface area (Å²) in [5.41, 5.74) is 2.91. The van der Waals surface area contributed by atoms with Gasteiger partial charge in [-0.1, -0.05) is 31.3 Å². The standard InChI is InChI=1S/C11H13SSi.ClH/c1-12-10-7-8-5-4-6-9(8)11(10)13(2)3;/h4-7H,1-3H3;1H/p-1. The van der Waals surface area contributed by atoms with Crippen LogP contribution < -0.4 is 12.4 Å². The van der Waals surface area contributed by atoms with Gasteiger partial charge in [0.05, 0.1) is 8.80 Å². The first-order valence-electron chi connectivity index (χ1n) is 4.43. The summed E-state index contributed by atoms with van der Waals surface area (Å²) >= 11 is 1.88. The van der Waals surface area contributed by atoms with E-state index in [9.17, 15) is 0 Å². The lowest BCUT2D eigenvalue weighted by molar-refractivity contribution is -0.00000261. The lowest BCUT2D eigenvalue weighted by Crippen LogP contribution is -3.00. The van der Waals surface area contributed by atoms with E-state index in [0.717, 1.165) is 0 Å². The minimum Gasteiger partial charge on any atom is -1.00 e. The first-order chi connectivity index (χ1) is 6.24. The summed E-state index contributed by atoms with van der Waals surface area (Å²) in [5.74, 6) is 0. The molecule has 75 valence electrons. The van der Waals surface area contributed by atoms with Gasteiger partial charge < -0.3 is 12.4 Å². The van der Waals surface area contributed by atoms with E-state index >= 15 is 0 Å². The molecule has 0 nitrogen and oxygen atoms in total. The third-order valence-electron chi connectivity index (χ3n) is 2.37. The van der Waals surface area contributed by atoms with E-state index in [1.165, 1.54) is 16.1 Å². The van der Waals surface area contributed by atoms with Crippen LogP contribution in [0.3, 0.4) is 0 Å². The van der Waals surface area contributed by atoms with Crippen molar-refractivity contribution in [2.45, 2.75) is 13.1 Å². The average molecular weight is 241 g/mol. The van der Waals surface area contributed by atoms with Crippen LogP contribution in [0.2, 0.25) is 13.1 Å². The van der Waals surface area contributed by atoms with Gasteiger partial charge >= 0.3 is 0 Å². The Morgan fingerprint density at radius 1 is 1.29 bits per heavy atom. The molecule has 0 spiro atoms. The Morgan fingerprint density at radius 2 is 2.00 bits per heavy atom.